The van der Waals surface area contributed by atoms with E-state index in [0.29, 0.717) is 25.3 Å². The summed E-state index contributed by atoms with van der Waals surface area (Å²) in [5, 5.41) is 27.6. The first-order valence-electron chi connectivity index (χ1n) is 12.2. The van der Waals surface area contributed by atoms with Gasteiger partial charge in [0.25, 0.3) is 0 Å². The van der Waals surface area contributed by atoms with Crippen LogP contribution in [0.2, 0.25) is 0 Å². The van der Waals surface area contributed by atoms with E-state index in [0.717, 1.165) is 37.8 Å². The normalized spacial score (nSPS) is 28.2. The Labute approximate surface area is 216 Å². The predicted molar refractivity (Wildman–Crippen MR) is 142 cm³/mol. The second-order valence-corrected chi connectivity index (χ2v) is 11.2. The SMILES string of the molecule is CC(C)Nc1ncnc2c1ccn2[C@@H]1C[C@@]2(CO[C@@H](c3ccc4cc(Br)c(N)nc4c3)C2)[C@@H](O)[C@H]1O. The molecule has 0 amide bonds. The van der Waals surface area contributed by atoms with Crippen molar-refractivity contribution in [3.8, 4) is 0 Å². The summed E-state index contributed by atoms with van der Waals surface area (Å²) in [4.78, 5) is 13.4. The van der Waals surface area contributed by atoms with Gasteiger partial charge in [-0.1, -0.05) is 12.1 Å². The quantitative estimate of drug-likeness (QED) is 0.299. The topological polar surface area (TPSA) is 131 Å². The number of ether oxygens (including phenoxy) is 1. The number of aliphatic hydroxyl groups is 2. The zero-order chi connectivity index (χ0) is 25.2. The molecule has 2 aliphatic rings. The number of nitrogens with one attached hydrogen (secondary N) is 1. The van der Waals surface area contributed by atoms with Crippen LogP contribution in [-0.4, -0.2) is 54.6 Å². The van der Waals surface area contributed by atoms with Crippen LogP contribution in [-0.2, 0) is 4.74 Å². The van der Waals surface area contributed by atoms with Crippen LogP contribution < -0.4 is 11.1 Å². The molecule has 0 unspecified atom stereocenters. The van der Waals surface area contributed by atoms with Gasteiger partial charge < -0.3 is 30.6 Å². The maximum absolute atomic E-state index is 11.2. The van der Waals surface area contributed by atoms with Crippen molar-refractivity contribution in [1.29, 1.82) is 0 Å². The Hall–Kier alpha value is -2.79. The Morgan fingerprint density at radius 1 is 1.19 bits per heavy atom. The van der Waals surface area contributed by atoms with Crippen molar-refractivity contribution >= 4 is 49.5 Å². The van der Waals surface area contributed by atoms with Gasteiger partial charge in [0.05, 0.1) is 40.2 Å². The van der Waals surface area contributed by atoms with E-state index in [9.17, 15) is 10.2 Å². The number of nitrogens with two attached hydrogens (primary N) is 1. The molecular weight excluding hydrogens is 524 g/mol. The molecule has 6 rings (SSSR count). The lowest BCUT2D eigenvalue weighted by Gasteiger charge is -2.26. The second kappa shape index (κ2) is 8.65. The highest BCUT2D eigenvalue weighted by Gasteiger charge is 2.57. The summed E-state index contributed by atoms with van der Waals surface area (Å²) >= 11 is 3.43. The van der Waals surface area contributed by atoms with Gasteiger partial charge in [0.1, 0.15) is 29.7 Å². The van der Waals surface area contributed by atoms with Gasteiger partial charge in [-0.15, -0.1) is 0 Å². The monoisotopic (exact) mass is 552 g/mol. The predicted octanol–water partition coefficient (Wildman–Crippen LogP) is 3.96. The van der Waals surface area contributed by atoms with Crippen LogP contribution in [0, 0.1) is 5.41 Å². The van der Waals surface area contributed by atoms with Gasteiger partial charge in [0, 0.05) is 23.0 Å². The van der Waals surface area contributed by atoms with E-state index in [1.165, 1.54) is 6.33 Å². The van der Waals surface area contributed by atoms with E-state index in [-0.39, 0.29) is 18.2 Å². The summed E-state index contributed by atoms with van der Waals surface area (Å²) in [5.74, 6) is 1.20. The first kappa shape index (κ1) is 23.6. The van der Waals surface area contributed by atoms with Crippen LogP contribution in [0.25, 0.3) is 21.9 Å². The number of nitrogens with zero attached hydrogens (tertiary/aromatic N) is 4. The van der Waals surface area contributed by atoms with E-state index in [1.807, 2.05) is 41.1 Å². The third kappa shape index (κ3) is 3.75. The van der Waals surface area contributed by atoms with Gasteiger partial charge in [-0.2, -0.15) is 0 Å². The molecule has 3 aromatic heterocycles. The van der Waals surface area contributed by atoms with Gasteiger partial charge in [0.2, 0.25) is 0 Å². The number of nitrogen functional groups attached to an aromatic ring is 1. The highest BCUT2D eigenvalue weighted by Crippen LogP contribution is 2.55. The van der Waals surface area contributed by atoms with Crippen molar-refractivity contribution in [2.75, 3.05) is 17.7 Å². The fourth-order valence-corrected chi connectivity index (χ4v) is 6.15. The van der Waals surface area contributed by atoms with E-state index < -0.39 is 17.6 Å². The number of hydrogen-bond acceptors (Lipinski definition) is 8. The smallest absolute Gasteiger partial charge is 0.145 e. The minimum absolute atomic E-state index is 0.202. The molecule has 1 saturated heterocycles. The average Bonchev–Trinajstić information content (AvgIpc) is 3.53. The minimum Gasteiger partial charge on any atom is -0.390 e. The molecule has 5 atom stereocenters. The van der Waals surface area contributed by atoms with Crippen LogP contribution in [0.1, 0.15) is 44.4 Å². The fourth-order valence-electron chi connectivity index (χ4n) is 5.81. The van der Waals surface area contributed by atoms with Crippen molar-refractivity contribution in [3.63, 3.8) is 0 Å². The molecule has 188 valence electrons. The summed E-state index contributed by atoms with van der Waals surface area (Å²) in [5.41, 5.74) is 7.95. The van der Waals surface area contributed by atoms with Gasteiger partial charge in [-0.05, 0) is 66.4 Å². The van der Waals surface area contributed by atoms with Crippen molar-refractivity contribution in [3.05, 3.63) is 52.9 Å². The number of pyridine rings is 1. The lowest BCUT2D eigenvalue weighted by atomic mass is 9.80. The lowest BCUT2D eigenvalue weighted by Crippen LogP contribution is -2.37. The van der Waals surface area contributed by atoms with E-state index >= 15 is 0 Å². The number of fused-ring (bicyclic) bond motifs is 2. The molecule has 2 fully saturated rings. The molecule has 1 aliphatic heterocycles. The fraction of sp³-hybridized carbons (Fsp3) is 0.423. The summed E-state index contributed by atoms with van der Waals surface area (Å²) < 4.78 is 8.97. The molecule has 1 saturated carbocycles. The molecule has 1 aromatic carbocycles. The molecule has 10 heteroatoms. The Morgan fingerprint density at radius 2 is 2.03 bits per heavy atom. The Bertz CT molecular complexity index is 1460. The summed E-state index contributed by atoms with van der Waals surface area (Å²) in [6.45, 7) is 4.48. The molecule has 5 N–H and O–H groups in total. The van der Waals surface area contributed by atoms with Crippen molar-refractivity contribution < 1.29 is 14.9 Å². The minimum atomic E-state index is -0.935. The summed E-state index contributed by atoms with van der Waals surface area (Å²) in [7, 11) is 0. The van der Waals surface area contributed by atoms with Gasteiger partial charge in [0.15, 0.2) is 0 Å². The number of rotatable bonds is 4. The maximum atomic E-state index is 11.2. The number of halogens is 1. The number of aromatic nitrogens is 4. The summed E-state index contributed by atoms with van der Waals surface area (Å²) in [6, 6.07) is 9.86. The van der Waals surface area contributed by atoms with Crippen molar-refractivity contribution in [1.82, 2.24) is 19.5 Å². The lowest BCUT2D eigenvalue weighted by molar-refractivity contribution is -0.0309. The van der Waals surface area contributed by atoms with Crippen LogP contribution in [0.4, 0.5) is 11.6 Å². The molecule has 0 bridgehead atoms. The van der Waals surface area contributed by atoms with E-state index in [1.54, 1.807) is 0 Å². The van der Waals surface area contributed by atoms with Crippen LogP contribution >= 0.6 is 15.9 Å². The average molecular weight is 553 g/mol. The summed E-state index contributed by atoms with van der Waals surface area (Å²) in [6.07, 6.45) is 2.60. The zero-order valence-electron chi connectivity index (χ0n) is 20.1. The van der Waals surface area contributed by atoms with Gasteiger partial charge in [-0.25, -0.2) is 15.0 Å². The Kier molecular flexibility index (Phi) is 5.67. The Morgan fingerprint density at radius 3 is 2.83 bits per heavy atom. The number of aliphatic hydroxyl groups excluding tert-OH is 2. The molecule has 0 radical (unpaired) electrons. The highest BCUT2D eigenvalue weighted by atomic mass is 79.9. The van der Waals surface area contributed by atoms with Crippen molar-refractivity contribution in [2.24, 2.45) is 5.41 Å². The highest BCUT2D eigenvalue weighted by molar-refractivity contribution is 9.10. The molecular formula is C26H29BrN6O3. The molecule has 1 spiro atoms. The largest absolute Gasteiger partial charge is 0.390 e. The third-order valence-corrected chi connectivity index (χ3v) is 8.25. The van der Waals surface area contributed by atoms with Gasteiger partial charge in [-0.3, -0.25) is 0 Å². The van der Waals surface area contributed by atoms with E-state index in [2.05, 4.69) is 50.0 Å². The molecule has 1 aliphatic carbocycles. The molecule has 9 nitrogen and oxygen atoms in total. The van der Waals surface area contributed by atoms with Crippen LogP contribution in [0.15, 0.2) is 47.3 Å². The van der Waals surface area contributed by atoms with E-state index in [4.69, 9.17) is 10.5 Å². The number of anilines is 2. The Balaban J connectivity index is 1.28. The number of hydrogen-bond donors (Lipinski definition) is 4. The van der Waals surface area contributed by atoms with Crippen LogP contribution in [0.5, 0.6) is 0 Å². The second-order valence-electron chi connectivity index (χ2n) is 10.4. The number of benzene rings is 1. The first-order valence-corrected chi connectivity index (χ1v) is 13.0. The third-order valence-electron chi connectivity index (χ3n) is 7.61. The standard InChI is InChI=1S/C26H29BrN6O3/c1-13(2)31-24-16-5-6-33(25(16)30-12-29-24)19-9-26(22(35)21(19)34)10-20(36-11-26)15-4-3-14-7-17(27)23(28)32-18(14)8-15/h3-8,12-13,19-22,34-35H,9-11H2,1-2H3,(H2,28,32)(H,29,30,31)/t19-,20-,21+,22+,26-/m1/s1. The van der Waals surface area contributed by atoms with Gasteiger partial charge >= 0.3 is 0 Å². The maximum Gasteiger partial charge on any atom is 0.145 e. The molecule has 36 heavy (non-hydrogen) atoms. The zero-order valence-corrected chi connectivity index (χ0v) is 21.7. The molecule has 4 heterocycles. The van der Waals surface area contributed by atoms with Crippen molar-refractivity contribution in [2.45, 2.75) is 57.1 Å². The van der Waals surface area contributed by atoms with Crippen LogP contribution in [0.3, 0.4) is 0 Å². The first-order chi connectivity index (χ1) is 17.3. The molecule has 4 aromatic rings.